The quantitative estimate of drug-likeness (QED) is 0.0663. The third-order valence-corrected chi connectivity index (χ3v) is 17.5. The van der Waals surface area contributed by atoms with E-state index in [1.165, 1.54) is 6.92 Å². The number of hydrogen-bond acceptors (Lipinski definition) is 13. The molecule has 5 aliphatic heterocycles. The average molecular weight is 1020 g/mol. The van der Waals surface area contributed by atoms with E-state index in [1.807, 2.05) is 41.5 Å². The zero-order chi connectivity index (χ0) is 53.6. The molecule has 0 aromatic heterocycles. The summed E-state index contributed by atoms with van der Waals surface area (Å²) in [4.78, 5) is 111. The second kappa shape index (κ2) is 20.7. The van der Waals surface area contributed by atoms with E-state index in [2.05, 4.69) is 46.5 Å². The standard InChI is InChI=1S/C48H78N11O11P/c1-23(70-71(67,68)69)22-55-38(66)16-17-45(6)29(18-35(52)63)43-48(9)47(8,21-37(54)65)28(12-15-34(51)62)40(59-48)25(3)42-46(7,20-36(53)64)26(10-13-32(49)60)30(56-42)19-31-44(4,5)27(11-14-33(50)61)39(57-31)24(2)41(45)58-43/h19,23,26-28,30,39-40,56-59H,10-18,20-22H2,1-9H3,(H2,49,60)(H2,50,61)(H2,51,62)(H2,52,63)(H2,53,64)(H2,54,65)(H,55,66)(H2,67,68,69)/b31-19-,41-24-,42-25-/t23-,26-,27-,28-,30?,39?,40?,45-,46+,47+,48+/m1/s1. The molecule has 7 amide bonds. The van der Waals surface area contributed by atoms with Crippen LogP contribution in [0.3, 0.4) is 0 Å². The van der Waals surface area contributed by atoms with E-state index in [0.29, 0.717) is 29.1 Å². The fourth-order valence-electron chi connectivity index (χ4n) is 13.1. The molecule has 0 spiro atoms. The van der Waals surface area contributed by atoms with E-state index in [-0.39, 0.29) is 76.7 Å². The van der Waals surface area contributed by atoms with Gasteiger partial charge in [0.05, 0.1) is 24.1 Å². The van der Waals surface area contributed by atoms with Gasteiger partial charge in [0.2, 0.25) is 41.4 Å². The third kappa shape index (κ3) is 11.4. The average Bonchev–Trinajstić information content (AvgIpc) is 3.83. The van der Waals surface area contributed by atoms with E-state index in [9.17, 15) is 47.9 Å². The molecule has 71 heavy (non-hydrogen) atoms. The predicted octanol–water partition coefficient (Wildman–Crippen LogP) is 0.674. The number of carbonyl (C=O) groups is 7. The van der Waals surface area contributed by atoms with Crippen molar-refractivity contribution in [2.75, 3.05) is 6.54 Å². The first kappa shape index (κ1) is 56.6. The zero-order valence-electron chi connectivity index (χ0n) is 42.6. The van der Waals surface area contributed by atoms with Gasteiger partial charge >= 0.3 is 7.82 Å². The molecule has 22 nitrogen and oxygen atoms in total. The van der Waals surface area contributed by atoms with Crippen LogP contribution in [0.5, 0.6) is 0 Å². The summed E-state index contributed by atoms with van der Waals surface area (Å²) in [6.07, 6.45) is 1.02. The normalized spacial score (nSPS) is 35.2. The van der Waals surface area contributed by atoms with Crippen LogP contribution in [0.1, 0.15) is 133 Å². The summed E-state index contributed by atoms with van der Waals surface area (Å²) in [7, 11) is -4.85. The monoisotopic (exact) mass is 1020 g/mol. The molecule has 5 rings (SSSR count). The smallest absolute Gasteiger partial charge is 0.381 e. The molecule has 5 heterocycles. The number of carbonyl (C=O) groups excluding carboxylic acids is 7. The Kier molecular flexibility index (Phi) is 16.5. The van der Waals surface area contributed by atoms with Crippen LogP contribution in [-0.4, -0.2) is 87.5 Å². The molecule has 8 bridgehead atoms. The molecule has 3 fully saturated rings. The van der Waals surface area contributed by atoms with Crippen LogP contribution in [0.15, 0.2) is 45.6 Å². The number of primary amides is 6. The van der Waals surface area contributed by atoms with Crippen LogP contribution in [0.25, 0.3) is 0 Å². The number of phosphoric ester groups is 1. The van der Waals surface area contributed by atoms with Crippen molar-refractivity contribution < 1.29 is 52.4 Å². The van der Waals surface area contributed by atoms with Gasteiger partial charge in [0.15, 0.2) is 0 Å². The number of hydrogen-bond donors (Lipinski definition) is 13. The highest BCUT2D eigenvalue weighted by Gasteiger charge is 2.65. The zero-order valence-corrected chi connectivity index (χ0v) is 43.5. The van der Waals surface area contributed by atoms with E-state index in [4.69, 9.17) is 38.9 Å². The van der Waals surface area contributed by atoms with Gasteiger partial charge in [-0.25, -0.2) is 4.57 Å². The molecule has 0 saturated carbocycles. The number of nitrogens with one attached hydrogen (secondary N) is 5. The molecule has 3 saturated heterocycles. The molecule has 0 aromatic rings. The van der Waals surface area contributed by atoms with Crippen LogP contribution in [0.4, 0.5) is 0 Å². The third-order valence-electron chi connectivity index (χ3n) is 16.9. The maximum Gasteiger partial charge on any atom is 0.469 e. The highest BCUT2D eigenvalue weighted by Crippen LogP contribution is 2.62. The van der Waals surface area contributed by atoms with Crippen LogP contribution < -0.4 is 61.0 Å². The first-order valence-corrected chi connectivity index (χ1v) is 25.8. The van der Waals surface area contributed by atoms with Crippen LogP contribution in [0.2, 0.25) is 0 Å². The van der Waals surface area contributed by atoms with Crippen molar-refractivity contribution in [2.45, 2.75) is 163 Å². The summed E-state index contributed by atoms with van der Waals surface area (Å²) in [6.45, 7) is 16.8. The van der Waals surface area contributed by atoms with Gasteiger partial charge in [0.1, 0.15) is 0 Å². The Balaban J connectivity index is 1.92. The van der Waals surface area contributed by atoms with Crippen LogP contribution >= 0.6 is 7.82 Å². The summed E-state index contributed by atoms with van der Waals surface area (Å²) in [6, 6.07) is -1.72. The number of fused-ring (bicyclic) bond motifs is 9. The van der Waals surface area contributed by atoms with Gasteiger partial charge in [0.25, 0.3) is 0 Å². The molecule has 3 unspecified atom stereocenters. The lowest BCUT2D eigenvalue weighted by molar-refractivity contribution is -0.122. The molecule has 23 heteroatoms. The Morgan fingerprint density at radius 2 is 1.24 bits per heavy atom. The van der Waals surface area contributed by atoms with Crippen molar-refractivity contribution in [3.8, 4) is 0 Å². The van der Waals surface area contributed by atoms with Gasteiger partial charge in [-0.05, 0) is 93.9 Å². The molecule has 11 atom stereocenters. The Bertz CT molecular complexity index is 2400. The van der Waals surface area contributed by atoms with Crippen LogP contribution in [-0.2, 0) is 42.7 Å². The second-order valence-electron chi connectivity index (χ2n) is 22.1. The van der Waals surface area contributed by atoms with E-state index >= 15 is 0 Å². The SMILES string of the molecule is C/C1=C2/NC(=C(CC(N)=O)[C@@]2(C)CCC(=O)NC[C@@H](C)OP(=O)(O)O)[C@]2(C)NC(/C(C)=C3\NC(/C=C4\NC1[C@@H](CCC(N)=O)C4(C)C)[C@@H](CCC(N)=O)[C@]3(C)CC(N)=O)[C@@H](CCC(N)=O)[C@]2(C)CC(N)=O. The lowest BCUT2D eigenvalue weighted by atomic mass is 9.60. The molecular weight excluding hydrogens is 938 g/mol. The summed E-state index contributed by atoms with van der Waals surface area (Å²) in [5.41, 5.74) is 35.0. The topological polar surface area (TPSA) is 403 Å². The maximum atomic E-state index is 13.8. The van der Waals surface area contributed by atoms with Crippen molar-refractivity contribution in [2.24, 2.45) is 73.8 Å². The lowest BCUT2D eigenvalue weighted by Crippen LogP contribution is -2.55. The Labute approximate surface area is 415 Å². The highest BCUT2D eigenvalue weighted by atomic mass is 31.2. The molecule has 0 radical (unpaired) electrons. The van der Waals surface area contributed by atoms with Crippen LogP contribution in [0, 0.1) is 39.4 Å². The summed E-state index contributed by atoms with van der Waals surface area (Å²) in [5.74, 6) is -5.37. The first-order chi connectivity index (χ1) is 32.6. The number of amides is 7. The van der Waals surface area contributed by atoms with E-state index < -0.39 is 112 Å². The highest BCUT2D eigenvalue weighted by molar-refractivity contribution is 7.46. The van der Waals surface area contributed by atoms with Gasteiger partial charge in [-0.2, -0.15) is 0 Å². The minimum Gasteiger partial charge on any atom is -0.381 e. The minimum absolute atomic E-state index is 0.00443. The molecule has 0 aromatic carbocycles. The fourth-order valence-corrected chi connectivity index (χ4v) is 13.7. The van der Waals surface area contributed by atoms with Gasteiger partial charge in [-0.3, -0.25) is 43.4 Å². The van der Waals surface area contributed by atoms with Crippen molar-refractivity contribution >= 4 is 49.2 Å². The van der Waals surface area contributed by atoms with Crippen molar-refractivity contribution in [1.82, 2.24) is 26.6 Å². The van der Waals surface area contributed by atoms with Crippen molar-refractivity contribution in [1.29, 1.82) is 0 Å². The van der Waals surface area contributed by atoms with Crippen molar-refractivity contribution in [3.63, 3.8) is 0 Å². The second-order valence-corrected chi connectivity index (χ2v) is 23.3. The lowest BCUT2D eigenvalue weighted by Gasteiger charge is -2.45. The van der Waals surface area contributed by atoms with E-state index in [0.717, 1.165) is 16.8 Å². The Morgan fingerprint density at radius 1 is 0.704 bits per heavy atom. The summed E-state index contributed by atoms with van der Waals surface area (Å²) in [5, 5.41) is 18.0. The summed E-state index contributed by atoms with van der Waals surface area (Å²) < 4.78 is 16.3. The maximum absolute atomic E-state index is 13.8. The largest absolute Gasteiger partial charge is 0.469 e. The minimum atomic E-state index is -4.85. The molecule has 396 valence electrons. The molecule has 5 aliphatic rings. The number of nitrogens with two attached hydrogens (primary N) is 6. The fraction of sp³-hybridized carbons (Fsp3) is 0.688. The molecule has 19 N–H and O–H groups in total. The Hall–Kier alpha value is -5.28. The summed E-state index contributed by atoms with van der Waals surface area (Å²) >= 11 is 0. The Morgan fingerprint density at radius 3 is 1.76 bits per heavy atom. The molecule has 0 aliphatic carbocycles. The number of allylic oxidation sites excluding steroid dienone is 3. The predicted molar refractivity (Wildman–Crippen MR) is 263 cm³/mol. The number of phosphoric acid groups is 1. The first-order valence-electron chi connectivity index (χ1n) is 24.3. The van der Waals surface area contributed by atoms with Gasteiger partial charge in [-0.1, -0.05) is 34.6 Å². The van der Waals surface area contributed by atoms with Crippen molar-refractivity contribution in [3.05, 3.63) is 45.6 Å². The van der Waals surface area contributed by atoms with Gasteiger partial charge < -0.3 is 65.5 Å². The molecular formula is C48H78N11O11P. The van der Waals surface area contributed by atoms with Gasteiger partial charge in [-0.15, -0.1) is 0 Å². The van der Waals surface area contributed by atoms with E-state index in [1.54, 1.807) is 0 Å². The van der Waals surface area contributed by atoms with Gasteiger partial charge in [0, 0.05) is 102 Å². The number of rotatable bonds is 22.